The van der Waals surface area contributed by atoms with E-state index in [4.69, 9.17) is 9.84 Å². The minimum atomic E-state index is -0.992. The Morgan fingerprint density at radius 1 is 1.67 bits per heavy atom. The molecular formula is C10H14N2O3. The number of hydrogen-bond donors (Lipinski definition) is 2. The van der Waals surface area contributed by atoms with Crippen LogP contribution in [-0.4, -0.2) is 27.7 Å². The van der Waals surface area contributed by atoms with E-state index < -0.39 is 11.6 Å². The van der Waals surface area contributed by atoms with Crippen LogP contribution in [0.3, 0.4) is 0 Å². The highest BCUT2D eigenvalue weighted by Crippen LogP contribution is 2.32. The zero-order valence-electron chi connectivity index (χ0n) is 8.62. The van der Waals surface area contributed by atoms with Crippen LogP contribution >= 0.6 is 0 Å². The quantitative estimate of drug-likeness (QED) is 0.776. The van der Waals surface area contributed by atoms with Crippen molar-refractivity contribution >= 4 is 5.97 Å². The predicted molar refractivity (Wildman–Crippen MR) is 52.7 cm³/mol. The lowest BCUT2D eigenvalue weighted by atomic mass is 9.95. The molecule has 2 heterocycles. The Kier molecular flexibility index (Phi) is 2.48. The molecule has 0 bridgehead atoms. The van der Waals surface area contributed by atoms with Gasteiger partial charge in [-0.15, -0.1) is 0 Å². The van der Waals surface area contributed by atoms with Gasteiger partial charge in [0.05, 0.1) is 6.20 Å². The van der Waals surface area contributed by atoms with E-state index in [1.807, 2.05) is 6.92 Å². The molecule has 0 amide bonds. The molecule has 1 fully saturated rings. The van der Waals surface area contributed by atoms with Gasteiger partial charge in [0.1, 0.15) is 17.1 Å². The molecule has 82 valence electrons. The lowest BCUT2D eigenvalue weighted by Gasteiger charge is -2.31. The number of carboxylic acids is 1. The molecule has 1 aliphatic rings. The molecule has 2 rings (SSSR count). The maximum Gasteiger partial charge on any atom is 0.353 e. The SMILES string of the molecule is CC1(c2ncc(C(=O)O)[nH]2)CCCCO1. The fourth-order valence-corrected chi connectivity index (χ4v) is 1.82. The number of nitrogens with one attached hydrogen (secondary N) is 1. The Labute approximate surface area is 87.5 Å². The molecule has 1 unspecified atom stereocenters. The van der Waals surface area contributed by atoms with Crippen LogP contribution in [0.15, 0.2) is 6.20 Å². The van der Waals surface area contributed by atoms with Crippen molar-refractivity contribution in [3.05, 3.63) is 17.7 Å². The van der Waals surface area contributed by atoms with Crippen LogP contribution in [0.1, 0.15) is 42.5 Å². The second kappa shape index (κ2) is 3.66. The van der Waals surface area contributed by atoms with Crippen LogP contribution in [0.25, 0.3) is 0 Å². The fraction of sp³-hybridized carbons (Fsp3) is 0.600. The monoisotopic (exact) mass is 210 g/mol. The summed E-state index contributed by atoms with van der Waals surface area (Å²) >= 11 is 0. The number of carbonyl (C=O) groups is 1. The first-order valence-corrected chi connectivity index (χ1v) is 5.04. The first-order chi connectivity index (χ1) is 7.12. The summed E-state index contributed by atoms with van der Waals surface area (Å²) < 4.78 is 5.66. The molecule has 5 nitrogen and oxygen atoms in total. The average Bonchev–Trinajstić information content (AvgIpc) is 2.68. The van der Waals surface area contributed by atoms with Crippen LogP contribution in [0.4, 0.5) is 0 Å². The molecule has 0 saturated carbocycles. The van der Waals surface area contributed by atoms with E-state index in [1.165, 1.54) is 6.20 Å². The van der Waals surface area contributed by atoms with Gasteiger partial charge < -0.3 is 14.8 Å². The van der Waals surface area contributed by atoms with Crippen LogP contribution in [0, 0.1) is 0 Å². The first kappa shape index (κ1) is 10.2. The number of carboxylic acid groups (broad SMARTS) is 1. The Bertz CT molecular complexity index is 366. The van der Waals surface area contributed by atoms with Gasteiger partial charge >= 0.3 is 5.97 Å². The highest BCUT2D eigenvalue weighted by atomic mass is 16.5. The number of aromatic amines is 1. The molecular weight excluding hydrogens is 196 g/mol. The van der Waals surface area contributed by atoms with Gasteiger partial charge in [-0.1, -0.05) is 0 Å². The number of imidazole rings is 1. The van der Waals surface area contributed by atoms with Crippen molar-refractivity contribution in [1.29, 1.82) is 0 Å². The molecule has 15 heavy (non-hydrogen) atoms. The molecule has 5 heteroatoms. The zero-order valence-corrected chi connectivity index (χ0v) is 8.62. The van der Waals surface area contributed by atoms with Crippen molar-refractivity contribution in [2.45, 2.75) is 31.8 Å². The van der Waals surface area contributed by atoms with E-state index >= 15 is 0 Å². The van der Waals surface area contributed by atoms with E-state index in [0.717, 1.165) is 19.3 Å². The van der Waals surface area contributed by atoms with Gasteiger partial charge in [-0.2, -0.15) is 0 Å². The number of nitrogens with zero attached hydrogens (tertiary/aromatic N) is 1. The third kappa shape index (κ3) is 1.87. The molecule has 0 radical (unpaired) electrons. The van der Waals surface area contributed by atoms with Crippen LogP contribution in [0.5, 0.6) is 0 Å². The molecule has 0 spiro atoms. The largest absolute Gasteiger partial charge is 0.477 e. The summed E-state index contributed by atoms with van der Waals surface area (Å²) in [6.45, 7) is 2.65. The number of H-pyrrole nitrogens is 1. The van der Waals surface area contributed by atoms with Gasteiger partial charge in [0.15, 0.2) is 0 Å². The summed E-state index contributed by atoms with van der Waals surface area (Å²) in [6, 6.07) is 0. The van der Waals surface area contributed by atoms with E-state index in [0.29, 0.717) is 12.4 Å². The van der Waals surface area contributed by atoms with Gasteiger partial charge in [-0.05, 0) is 26.2 Å². The highest BCUT2D eigenvalue weighted by Gasteiger charge is 2.33. The van der Waals surface area contributed by atoms with Gasteiger partial charge in [0.25, 0.3) is 0 Å². The minimum absolute atomic E-state index is 0.111. The van der Waals surface area contributed by atoms with Gasteiger partial charge in [0, 0.05) is 6.61 Å². The summed E-state index contributed by atoms with van der Waals surface area (Å²) in [5, 5.41) is 8.77. The predicted octanol–water partition coefficient (Wildman–Crippen LogP) is 1.52. The second-order valence-corrected chi connectivity index (χ2v) is 3.99. The zero-order chi connectivity index (χ0) is 10.9. The molecule has 2 N–H and O–H groups in total. The van der Waals surface area contributed by atoms with Gasteiger partial charge in [0.2, 0.25) is 0 Å². The number of hydrogen-bond acceptors (Lipinski definition) is 3. The van der Waals surface area contributed by atoms with Crippen molar-refractivity contribution in [2.24, 2.45) is 0 Å². The molecule has 0 aromatic carbocycles. The fourth-order valence-electron chi connectivity index (χ4n) is 1.82. The van der Waals surface area contributed by atoms with Gasteiger partial charge in [-0.3, -0.25) is 0 Å². The normalized spacial score (nSPS) is 26.5. The van der Waals surface area contributed by atoms with Gasteiger partial charge in [-0.25, -0.2) is 9.78 Å². The maximum absolute atomic E-state index is 10.7. The highest BCUT2D eigenvalue weighted by molar-refractivity contribution is 5.85. The number of rotatable bonds is 2. The standard InChI is InChI=1S/C10H14N2O3/c1-10(4-2-3-5-15-10)9-11-6-7(12-9)8(13)14/h6H,2-5H2,1H3,(H,11,12)(H,13,14). The van der Waals surface area contributed by atoms with E-state index in [-0.39, 0.29) is 5.69 Å². The molecule has 1 atom stereocenters. The maximum atomic E-state index is 10.7. The third-order valence-corrected chi connectivity index (χ3v) is 2.78. The lowest BCUT2D eigenvalue weighted by Crippen LogP contribution is -2.31. The van der Waals surface area contributed by atoms with Crippen molar-refractivity contribution in [3.63, 3.8) is 0 Å². The summed E-state index contributed by atoms with van der Waals surface area (Å²) in [5.74, 6) is -0.382. The Hall–Kier alpha value is -1.36. The Morgan fingerprint density at radius 2 is 2.47 bits per heavy atom. The van der Waals surface area contributed by atoms with E-state index in [1.54, 1.807) is 0 Å². The van der Waals surface area contributed by atoms with Crippen LogP contribution < -0.4 is 0 Å². The number of aromatic nitrogens is 2. The Morgan fingerprint density at radius 3 is 3.00 bits per heavy atom. The molecule has 1 aliphatic heterocycles. The number of aromatic carboxylic acids is 1. The molecule has 1 aromatic heterocycles. The summed E-state index contributed by atoms with van der Waals surface area (Å²) in [5.41, 5.74) is -0.341. The molecule has 0 aliphatic carbocycles. The third-order valence-electron chi connectivity index (χ3n) is 2.78. The lowest BCUT2D eigenvalue weighted by molar-refractivity contribution is -0.0755. The number of ether oxygens (including phenoxy) is 1. The van der Waals surface area contributed by atoms with Crippen LogP contribution in [-0.2, 0) is 10.3 Å². The summed E-state index contributed by atoms with van der Waals surface area (Å²) in [7, 11) is 0. The smallest absolute Gasteiger partial charge is 0.353 e. The first-order valence-electron chi connectivity index (χ1n) is 5.04. The second-order valence-electron chi connectivity index (χ2n) is 3.99. The van der Waals surface area contributed by atoms with E-state index in [9.17, 15) is 4.79 Å². The van der Waals surface area contributed by atoms with Crippen LogP contribution in [0.2, 0.25) is 0 Å². The summed E-state index contributed by atoms with van der Waals surface area (Å²) in [4.78, 5) is 17.5. The van der Waals surface area contributed by atoms with Crippen molar-refractivity contribution in [1.82, 2.24) is 9.97 Å². The molecule has 1 aromatic rings. The van der Waals surface area contributed by atoms with Crippen molar-refractivity contribution in [2.75, 3.05) is 6.61 Å². The van der Waals surface area contributed by atoms with Crippen molar-refractivity contribution < 1.29 is 14.6 Å². The average molecular weight is 210 g/mol. The van der Waals surface area contributed by atoms with E-state index in [2.05, 4.69) is 9.97 Å². The minimum Gasteiger partial charge on any atom is -0.477 e. The summed E-state index contributed by atoms with van der Waals surface area (Å²) in [6.07, 6.45) is 4.35. The molecule has 1 saturated heterocycles. The van der Waals surface area contributed by atoms with Crippen molar-refractivity contribution in [3.8, 4) is 0 Å². The topological polar surface area (TPSA) is 75.2 Å². The Balaban J connectivity index is 2.23.